The standard InChI is InChI=1S/C15H22N4O2/c1-20-13-4-2-12(3-5-13)19-8-6-18(7-9-19)11-14-10-17-15(16)21-14/h2-5,14H,6-11H2,1H3,(H2,16,17). The van der Waals surface area contributed by atoms with Gasteiger partial charge in [-0.1, -0.05) is 0 Å². The van der Waals surface area contributed by atoms with Crippen LogP contribution in [0.4, 0.5) is 5.69 Å². The maximum absolute atomic E-state index is 5.54. The molecule has 1 unspecified atom stereocenters. The molecule has 1 saturated heterocycles. The molecule has 0 radical (unpaired) electrons. The van der Waals surface area contributed by atoms with E-state index in [0.29, 0.717) is 12.6 Å². The van der Waals surface area contributed by atoms with Crippen LogP contribution in [-0.2, 0) is 4.74 Å². The maximum atomic E-state index is 5.54. The van der Waals surface area contributed by atoms with E-state index in [1.165, 1.54) is 5.69 Å². The lowest BCUT2D eigenvalue weighted by Gasteiger charge is -2.36. The van der Waals surface area contributed by atoms with Gasteiger partial charge in [-0.3, -0.25) is 4.90 Å². The molecule has 0 aliphatic carbocycles. The van der Waals surface area contributed by atoms with Crippen molar-refractivity contribution in [2.24, 2.45) is 10.7 Å². The van der Waals surface area contributed by atoms with Crippen LogP contribution in [0, 0.1) is 0 Å². The molecule has 0 spiro atoms. The van der Waals surface area contributed by atoms with Crippen LogP contribution in [-0.4, -0.2) is 63.4 Å². The minimum Gasteiger partial charge on any atom is -0.497 e. The van der Waals surface area contributed by atoms with E-state index in [1.807, 2.05) is 12.1 Å². The predicted molar refractivity (Wildman–Crippen MR) is 83.0 cm³/mol. The summed E-state index contributed by atoms with van der Waals surface area (Å²) in [5.41, 5.74) is 6.79. The second kappa shape index (κ2) is 6.22. The van der Waals surface area contributed by atoms with Gasteiger partial charge >= 0.3 is 0 Å². The summed E-state index contributed by atoms with van der Waals surface area (Å²) in [7, 11) is 1.69. The number of ether oxygens (including phenoxy) is 2. The number of rotatable bonds is 4. The van der Waals surface area contributed by atoms with Gasteiger partial charge in [0.2, 0.25) is 0 Å². The minimum absolute atomic E-state index is 0.123. The van der Waals surface area contributed by atoms with Crippen molar-refractivity contribution in [1.82, 2.24) is 4.90 Å². The smallest absolute Gasteiger partial charge is 0.282 e. The first-order chi connectivity index (χ1) is 10.2. The van der Waals surface area contributed by atoms with E-state index in [9.17, 15) is 0 Å². The molecule has 6 nitrogen and oxygen atoms in total. The van der Waals surface area contributed by atoms with Crippen molar-refractivity contribution in [1.29, 1.82) is 0 Å². The van der Waals surface area contributed by atoms with Crippen molar-refractivity contribution >= 4 is 11.7 Å². The van der Waals surface area contributed by atoms with Crippen LogP contribution in [0.25, 0.3) is 0 Å². The molecule has 2 N–H and O–H groups in total. The van der Waals surface area contributed by atoms with Crippen molar-refractivity contribution < 1.29 is 9.47 Å². The second-order valence-electron chi connectivity index (χ2n) is 5.40. The number of hydrogen-bond donors (Lipinski definition) is 1. The van der Waals surface area contributed by atoms with E-state index in [1.54, 1.807) is 7.11 Å². The number of benzene rings is 1. The molecule has 1 fully saturated rings. The summed E-state index contributed by atoms with van der Waals surface area (Å²) in [6.45, 7) is 5.70. The fourth-order valence-corrected chi connectivity index (χ4v) is 2.80. The summed E-state index contributed by atoms with van der Waals surface area (Å²) in [4.78, 5) is 8.90. The van der Waals surface area contributed by atoms with Gasteiger partial charge in [0.15, 0.2) is 0 Å². The van der Waals surface area contributed by atoms with Gasteiger partial charge in [0, 0.05) is 38.4 Å². The highest BCUT2D eigenvalue weighted by atomic mass is 16.5. The molecule has 3 rings (SSSR count). The zero-order valence-corrected chi connectivity index (χ0v) is 12.4. The number of nitrogens with zero attached hydrogens (tertiary/aromatic N) is 3. The topological polar surface area (TPSA) is 63.3 Å². The van der Waals surface area contributed by atoms with Crippen LogP contribution < -0.4 is 15.4 Å². The largest absolute Gasteiger partial charge is 0.497 e. The molecule has 0 bridgehead atoms. The molecular weight excluding hydrogens is 268 g/mol. The highest BCUT2D eigenvalue weighted by Crippen LogP contribution is 2.20. The third-order valence-corrected chi connectivity index (χ3v) is 4.01. The van der Waals surface area contributed by atoms with Gasteiger partial charge in [0.25, 0.3) is 6.02 Å². The molecule has 0 saturated carbocycles. The van der Waals surface area contributed by atoms with E-state index >= 15 is 0 Å². The molecule has 1 atom stereocenters. The summed E-state index contributed by atoms with van der Waals surface area (Å²) in [6, 6.07) is 8.58. The SMILES string of the molecule is COc1ccc(N2CCN(CC3CN=C(N)O3)CC2)cc1. The maximum Gasteiger partial charge on any atom is 0.282 e. The molecule has 1 aromatic carbocycles. The van der Waals surface area contributed by atoms with Crippen LogP contribution >= 0.6 is 0 Å². The summed E-state index contributed by atoms with van der Waals surface area (Å²) < 4.78 is 10.7. The van der Waals surface area contributed by atoms with Crippen LogP contribution in [0.15, 0.2) is 29.3 Å². The van der Waals surface area contributed by atoms with Crippen molar-refractivity contribution in [2.45, 2.75) is 6.10 Å². The molecule has 114 valence electrons. The van der Waals surface area contributed by atoms with Crippen LogP contribution in [0.2, 0.25) is 0 Å². The molecular formula is C15H22N4O2. The Morgan fingerprint density at radius 3 is 2.52 bits per heavy atom. The molecule has 1 aromatic rings. The quantitative estimate of drug-likeness (QED) is 0.876. The highest BCUT2D eigenvalue weighted by Gasteiger charge is 2.24. The van der Waals surface area contributed by atoms with Crippen molar-refractivity contribution in [3.63, 3.8) is 0 Å². The van der Waals surface area contributed by atoms with Crippen LogP contribution in [0.3, 0.4) is 0 Å². The number of aliphatic imine (C=N–C) groups is 1. The molecule has 2 heterocycles. The lowest BCUT2D eigenvalue weighted by atomic mass is 10.2. The number of methoxy groups -OCH3 is 1. The second-order valence-corrected chi connectivity index (χ2v) is 5.40. The average molecular weight is 290 g/mol. The van der Waals surface area contributed by atoms with Gasteiger partial charge in [-0.2, -0.15) is 0 Å². The zero-order valence-electron chi connectivity index (χ0n) is 12.4. The Morgan fingerprint density at radius 1 is 1.24 bits per heavy atom. The highest BCUT2D eigenvalue weighted by molar-refractivity contribution is 5.73. The third-order valence-electron chi connectivity index (χ3n) is 4.01. The molecule has 2 aliphatic rings. The fraction of sp³-hybridized carbons (Fsp3) is 0.533. The van der Waals surface area contributed by atoms with E-state index in [0.717, 1.165) is 38.5 Å². The van der Waals surface area contributed by atoms with E-state index in [-0.39, 0.29) is 6.10 Å². The van der Waals surface area contributed by atoms with Gasteiger partial charge in [-0.15, -0.1) is 0 Å². The fourth-order valence-electron chi connectivity index (χ4n) is 2.80. The van der Waals surface area contributed by atoms with Crippen LogP contribution in [0.5, 0.6) is 5.75 Å². The normalized spacial score (nSPS) is 22.8. The Balaban J connectivity index is 1.48. The van der Waals surface area contributed by atoms with Crippen LogP contribution in [0.1, 0.15) is 0 Å². The van der Waals surface area contributed by atoms with E-state index in [4.69, 9.17) is 15.2 Å². The van der Waals surface area contributed by atoms with Gasteiger partial charge in [-0.25, -0.2) is 4.99 Å². The molecule has 6 heteroatoms. The first-order valence-corrected chi connectivity index (χ1v) is 7.32. The first-order valence-electron chi connectivity index (χ1n) is 7.32. The average Bonchev–Trinajstić information content (AvgIpc) is 2.93. The summed E-state index contributed by atoms with van der Waals surface area (Å²) in [6.07, 6.45) is 0.123. The number of nitrogens with two attached hydrogens (primary N) is 1. The van der Waals surface area contributed by atoms with E-state index < -0.39 is 0 Å². The monoisotopic (exact) mass is 290 g/mol. The molecule has 0 aromatic heterocycles. The van der Waals surface area contributed by atoms with Gasteiger partial charge in [0.05, 0.1) is 13.7 Å². The Labute approximate surface area is 125 Å². The first kappa shape index (κ1) is 14.0. The Bertz CT molecular complexity index is 495. The minimum atomic E-state index is 0.123. The summed E-state index contributed by atoms with van der Waals surface area (Å²) in [5.74, 6) is 0.897. The lowest BCUT2D eigenvalue weighted by Crippen LogP contribution is -2.49. The summed E-state index contributed by atoms with van der Waals surface area (Å²) in [5, 5.41) is 0. The summed E-state index contributed by atoms with van der Waals surface area (Å²) >= 11 is 0. The zero-order chi connectivity index (χ0) is 14.7. The molecule has 21 heavy (non-hydrogen) atoms. The van der Waals surface area contributed by atoms with Gasteiger partial charge in [-0.05, 0) is 24.3 Å². The van der Waals surface area contributed by atoms with Crippen molar-refractivity contribution in [3.05, 3.63) is 24.3 Å². The number of hydrogen-bond acceptors (Lipinski definition) is 6. The molecule has 2 aliphatic heterocycles. The van der Waals surface area contributed by atoms with Gasteiger partial charge in [0.1, 0.15) is 11.9 Å². The van der Waals surface area contributed by atoms with Crippen molar-refractivity contribution in [2.75, 3.05) is 51.3 Å². The third kappa shape index (κ3) is 3.39. The van der Waals surface area contributed by atoms with Gasteiger partial charge < -0.3 is 20.1 Å². The number of anilines is 1. The predicted octanol–water partition coefficient (Wildman–Crippen LogP) is 0.531. The van der Waals surface area contributed by atoms with E-state index in [2.05, 4.69) is 26.9 Å². The number of amidine groups is 1. The molecule has 0 amide bonds. The lowest BCUT2D eigenvalue weighted by molar-refractivity contribution is 0.139. The Kier molecular flexibility index (Phi) is 4.15. The Morgan fingerprint density at radius 2 is 1.95 bits per heavy atom. The van der Waals surface area contributed by atoms with Crippen molar-refractivity contribution in [3.8, 4) is 5.75 Å². The number of piperazine rings is 1. The Hall–Kier alpha value is -1.95.